The van der Waals surface area contributed by atoms with Gasteiger partial charge < -0.3 is 37.4 Å². The Balaban J connectivity index is 0.000000149. The van der Waals surface area contributed by atoms with Gasteiger partial charge in [-0.25, -0.2) is 19.9 Å². The number of rotatable bonds is 16. The number of imidazole rings is 2. The van der Waals surface area contributed by atoms with Gasteiger partial charge in [-0.3, -0.25) is 18.3 Å². The molecule has 3 fully saturated rings. The minimum Gasteiger partial charge on any atom is -0.457 e. The number of benzene rings is 8. The molecular formula is C94H102B3BrN8O8. The molecule has 16 nitrogen and oxygen atoms in total. The van der Waals surface area contributed by atoms with Crippen LogP contribution in [0.5, 0.6) is 23.0 Å². The van der Waals surface area contributed by atoms with E-state index in [0.29, 0.717) is 11.8 Å². The molecule has 3 aliphatic heterocycles. The van der Waals surface area contributed by atoms with Gasteiger partial charge in [0.05, 0.1) is 67.0 Å². The summed E-state index contributed by atoms with van der Waals surface area (Å²) in [6.07, 6.45) is 11.5. The Morgan fingerprint density at radius 3 is 1.04 bits per heavy atom. The minimum absolute atomic E-state index is 0.247. The highest BCUT2D eigenvalue weighted by molar-refractivity contribution is 9.10. The standard InChI is InChI=1S/C44H45BN4O3.C38H33BrN4O.C12H24B2O4/c1-28(2)36-25-31(45-51-43(5,6)44(7,8)52-45)26-37(29(3)4)41(36)48-23-22-47-42(48)30-14-13-15-32(24-30)50-33-19-20-35-34-16-9-10-17-38(34)49(39(35)27-33)40-18-11-12-21-46-40;1-24(2)32-21-27(39)22-33(25(3)4)37(32)42-19-18-41-38(42)26-10-9-11-28(20-26)44-29-15-16-31-30-12-5-6-13-34(30)43(35(31)23-29)36-14-7-8-17-40-36;1-9(2)10(3,4)16-13(15-9)14-17-11(5,6)12(7,8)18-14/h9-29H,1-8H3;5-25H,1-4H3;1-8H3. The zero-order valence-corrected chi connectivity index (χ0v) is 70.8. The molecule has 0 atom stereocenters. The first kappa shape index (κ1) is 79.3. The molecule has 0 radical (unpaired) electrons. The monoisotopic (exact) mass is 1580 g/mol. The summed E-state index contributed by atoms with van der Waals surface area (Å²) in [5.41, 5.74) is 12.4. The fourth-order valence-corrected chi connectivity index (χ4v) is 15.8. The largest absolute Gasteiger partial charge is 0.494 e. The van der Waals surface area contributed by atoms with E-state index in [0.717, 1.165) is 106 Å². The van der Waals surface area contributed by atoms with E-state index < -0.39 is 32.3 Å². The highest BCUT2D eigenvalue weighted by Gasteiger charge is 2.64. The maximum atomic E-state index is 6.59. The van der Waals surface area contributed by atoms with E-state index in [4.69, 9.17) is 47.4 Å². The van der Waals surface area contributed by atoms with Crippen molar-refractivity contribution in [3.05, 3.63) is 258 Å². The van der Waals surface area contributed by atoms with E-state index in [-0.39, 0.29) is 34.2 Å². The molecule has 0 unspecified atom stereocenters. The number of para-hydroxylation sites is 2. The first-order valence-corrected chi connectivity index (χ1v) is 40.6. The Morgan fingerprint density at radius 1 is 0.333 bits per heavy atom. The predicted molar refractivity (Wildman–Crippen MR) is 467 cm³/mol. The summed E-state index contributed by atoms with van der Waals surface area (Å²) in [7, 11) is -1.39. The molecule has 114 heavy (non-hydrogen) atoms. The summed E-state index contributed by atoms with van der Waals surface area (Å²) < 4.78 is 59.9. The third-order valence-corrected chi connectivity index (χ3v) is 24.0. The van der Waals surface area contributed by atoms with Crippen LogP contribution in [0.4, 0.5) is 0 Å². The van der Waals surface area contributed by atoms with Crippen LogP contribution in [0.2, 0.25) is 0 Å². The molecule has 0 aliphatic carbocycles. The molecule has 20 heteroatoms. The molecular weight excluding hydrogens is 1480 g/mol. The van der Waals surface area contributed by atoms with Crippen molar-refractivity contribution in [2.24, 2.45) is 0 Å². The molecule has 0 N–H and O–H groups in total. The number of nitrogens with zero attached hydrogens (tertiary/aromatic N) is 8. The second-order valence-electron chi connectivity index (χ2n) is 34.4. The van der Waals surface area contributed by atoms with Crippen molar-refractivity contribution in [1.82, 2.24) is 38.2 Å². The first-order chi connectivity index (χ1) is 54.2. The van der Waals surface area contributed by atoms with E-state index in [1.165, 1.54) is 38.7 Å². The molecule has 9 heterocycles. The van der Waals surface area contributed by atoms with Crippen molar-refractivity contribution in [2.75, 3.05) is 0 Å². The normalized spacial score (nSPS) is 16.6. The van der Waals surface area contributed by atoms with Gasteiger partial charge in [0.25, 0.3) is 0 Å². The van der Waals surface area contributed by atoms with E-state index in [1.807, 2.05) is 153 Å². The van der Waals surface area contributed by atoms with Crippen LogP contribution in [-0.2, 0) is 27.9 Å². The number of fused-ring (bicyclic) bond motifs is 6. The van der Waals surface area contributed by atoms with Crippen molar-refractivity contribution in [1.29, 1.82) is 0 Å². The molecule has 582 valence electrons. The summed E-state index contributed by atoms with van der Waals surface area (Å²) in [5, 5.41) is 4.67. The Morgan fingerprint density at radius 2 is 0.675 bits per heavy atom. The Hall–Kier alpha value is -9.89. The summed E-state index contributed by atoms with van der Waals surface area (Å²) in [6.45, 7) is 42.5. The molecule has 17 rings (SSSR count). The van der Waals surface area contributed by atoms with Crippen molar-refractivity contribution >= 4 is 86.1 Å². The van der Waals surface area contributed by atoms with Crippen LogP contribution in [0.15, 0.2) is 236 Å². The number of hydrogen-bond donors (Lipinski definition) is 0. The number of aromatic nitrogens is 8. The van der Waals surface area contributed by atoms with Gasteiger partial charge >= 0.3 is 21.1 Å². The predicted octanol–water partition coefficient (Wildman–Crippen LogP) is 23.5. The van der Waals surface area contributed by atoms with Crippen LogP contribution in [0.3, 0.4) is 0 Å². The highest BCUT2D eigenvalue weighted by Crippen LogP contribution is 2.46. The fraction of sp³-hybridized carbons (Fsp3) is 0.319. The zero-order chi connectivity index (χ0) is 80.7. The molecule has 0 bridgehead atoms. The van der Waals surface area contributed by atoms with Crippen LogP contribution in [0.1, 0.15) is 184 Å². The number of hydrogen-bond acceptors (Lipinski definition) is 12. The molecule has 3 saturated heterocycles. The summed E-state index contributed by atoms with van der Waals surface area (Å²) in [6, 6.07) is 66.8. The fourth-order valence-electron chi connectivity index (χ4n) is 15.3. The summed E-state index contributed by atoms with van der Waals surface area (Å²) in [4.78, 5) is 19.1. The molecule has 14 aromatic rings. The van der Waals surface area contributed by atoms with Crippen LogP contribution in [0, 0.1) is 0 Å². The SMILES string of the molecule is CC(C)c1cc(B2OC(C)(C)C(C)(C)O2)cc(C(C)C)c1-n1ccnc1-c1cccc(Oc2ccc3c4ccccc4n(-c4ccccn4)c3c2)c1.CC(C)c1cc(Br)cc(C(C)C)c1-n1ccnc1-c1cccc(Oc2ccc3c4ccccc4n(-c4ccccn4)c3c2)c1.CC1(C)OB(B2OC(C)(C)C(C)(C)O2)OC1(C)C. The van der Waals surface area contributed by atoms with Crippen LogP contribution >= 0.6 is 15.9 Å². The molecule has 6 aromatic heterocycles. The first-order valence-electron chi connectivity index (χ1n) is 39.8. The molecule has 8 aromatic carbocycles. The van der Waals surface area contributed by atoms with Gasteiger partial charge in [0.2, 0.25) is 0 Å². The van der Waals surface area contributed by atoms with E-state index in [9.17, 15) is 0 Å². The van der Waals surface area contributed by atoms with Gasteiger partial charge in [-0.05, 0) is 232 Å². The quantitative estimate of drug-likeness (QED) is 0.0849. The molecule has 0 spiro atoms. The van der Waals surface area contributed by atoms with Gasteiger partial charge in [0.15, 0.2) is 0 Å². The molecule has 0 amide bonds. The van der Waals surface area contributed by atoms with E-state index in [1.54, 1.807) is 0 Å². The maximum Gasteiger partial charge on any atom is 0.494 e. The van der Waals surface area contributed by atoms with Gasteiger partial charge in [0, 0.05) is 86.5 Å². The second kappa shape index (κ2) is 30.7. The van der Waals surface area contributed by atoms with Gasteiger partial charge in [-0.1, -0.05) is 156 Å². The third-order valence-electron chi connectivity index (χ3n) is 23.6. The lowest BCUT2D eigenvalue weighted by Gasteiger charge is -2.32. The third kappa shape index (κ3) is 15.1. The Kier molecular flexibility index (Phi) is 21.4. The zero-order valence-electron chi connectivity index (χ0n) is 69.2. The number of pyridine rings is 2. The lowest BCUT2D eigenvalue weighted by Crippen LogP contribution is -2.41. The van der Waals surface area contributed by atoms with Gasteiger partial charge in [-0.2, -0.15) is 0 Å². The highest BCUT2D eigenvalue weighted by atomic mass is 79.9. The van der Waals surface area contributed by atoms with Gasteiger partial charge in [-0.15, -0.1) is 0 Å². The van der Waals surface area contributed by atoms with Crippen LogP contribution in [-0.4, -0.2) is 92.9 Å². The molecule has 3 aliphatic rings. The van der Waals surface area contributed by atoms with Crippen molar-refractivity contribution < 1.29 is 37.4 Å². The molecule has 0 saturated carbocycles. The lowest BCUT2D eigenvalue weighted by atomic mass is 9.49. The average Bonchev–Trinajstić information content (AvgIpc) is 1.56. The van der Waals surface area contributed by atoms with Crippen LogP contribution in [0.25, 0.3) is 89.4 Å². The Bertz CT molecular complexity index is 5740. The van der Waals surface area contributed by atoms with Crippen molar-refractivity contribution in [3.63, 3.8) is 0 Å². The van der Waals surface area contributed by atoms with Crippen LogP contribution < -0.4 is 14.9 Å². The topological polar surface area (TPSA) is 145 Å². The van der Waals surface area contributed by atoms with E-state index >= 15 is 0 Å². The minimum atomic E-state index is -0.476. The number of ether oxygens (including phenoxy) is 2. The lowest BCUT2D eigenvalue weighted by molar-refractivity contribution is 0.00578. The average molecular weight is 1580 g/mol. The maximum absolute atomic E-state index is 6.59. The van der Waals surface area contributed by atoms with E-state index in [2.05, 4.69) is 261 Å². The van der Waals surface area contributed by atoms with Crippen molar-refractivity contribution in [3.8, 4) is 68.8 Å². The van der Waals surface area contributed by atoms with Crippen molar-refractivity contribution in [2.45, 2.75) is 196 Å². The summed E-state index contributed by atoms with van der Waals surface area (Å²) >= 11 is 3.75. The van der Waals surface area contributed by atoms with Gasteiger partial charge in [0.1, 0.15) is 46.3 Å². The summed E-state index contributed by atoms with van der Waals surface area (Å²) in [5.74, 6) is 7.65. The Labute approximate surface area is 680 Å². The second-order valence-corrected chi connectivity index (χ2v) is 35.3. The number of halogens is 1. The smallest absolute Gasteiger partial charge is 0.457 e.